The fourth-order valence-electron chi connectivity index (χ4n) is 1.31. The van der Waals surface area contributed by atoms with Gasteiger partial charge in [0.2, 0.25) is 0 Å². The molecular formula is C10H22O5. The summed E-state index contributed by atoms with van der Waals surface area (Å²) in [5.74, 6) is 0. The average molecular weight is 222 g/mol. The van der Waals surface area contributed by atoms with Crippen molar-refractivity contribution in [3.8, 4) is 0 Å². The van der Waals surface area contributed by atoms with Gasteiger partial charge in [0.15, 0.2) is 0 Å². The first-order chi connectivity index (χ1) is 6.69. The molecule has 0 aliphatic rings. The zero-order valence-corrected chi connectivity index (χ0v) is 9.46. The Morgan fingerprint density at radius 2 is 1.27 bits per heavy atom. The van der Waals surface area contributed by atoms with Crippen molar-refractivity contribution in [3.05, 3.63) is 0 Å². The van der Waals surface area contributed by atoms with Gasteiger partial charge in [0.25, 0.3) is 0 Å². The Labute approximate surface area is 90.0 Å². The molecule has 5 heteroatoms. The van der Waals surface area contributed by atoms with E-state index in [4.69, 9.17) is 10.2 Å². The third kappa shape index (κ3) is 5.44. The first-order valence-corrected chi connectivity index (χ1v) is 5.02. The smallest absolute Gasteiger partial charge is 0.110 e. The van der Waals surface area contributed by atoms with Crippen molar-refractivity contribution in [2.24, 2.45) is 5.41 Å². The fourth-order valence-corrected chi connectivity index (χ4v) is 1.31. The van der Waals surface area contributed by atoms with Crippen LogP contribution in [0, 0.1) is 5.41 Å². The minimum absolute atomic E-state index is 0.190. The second kappa shape index (κ2) is 5.77. The Bertz CT molecular complexity index is 177. The second-order valence-corrected chi connectivity index (χ2v) is 5.06. The highest BCUT2D eigenvalue weighted by molar-refractivity contribution is 4.83. The summed E-state index contributed by atoms with van der Waals surface area (Å²) < 4.78 is 0. The number of aliphatic hydroxyl groups is 5. The summed E-state index contributed by atoms with van der Waals surface area (Å²) in [5.41, 5.74) is -0.190. The van der Waals surface area contributed by atoms with E-state index in [1.807, 2.05) is 20.8 Å². The maximum Gasteiger partial charge on any atom is 0.110 e. The highest BCUT2D eigenvalue weighted by atomic mass is 16.4. The fraction of sp³-hybridized carbons (Fsp3) is 1.00. The van der Waals surface area contributed by atoms with E-state index >= 15 is 0 Å². The van der Waals surface area contributed by atoms with Crippen molar-refractivity contribution in [3.63, 3.8) is 0 Å². The molecule has 0 heterocycles. The van der Waals surface area contributed by atoms with Crippen molar-refractivity contribution in [2.75, 3.05) is 6.61 Å². The summed E-state index contributed by atoms with van der Waals surface area (Å²) in [6.45, 7) is 5.01. The molecule has 0 aromatic carbocycles. The van der Waals surface area contributed by atoms with Gasteiger partial charge in [-0.05, 0) is 11.8 Å². The van der Waals surface area contributed by atoms with E-state index in [9.17, 15) is 15.3 Å². The van der Waals surface area contributed by atoms with Crippen LogP contribution in [0.2, 0.25) is 0 Å². The lowest BCUT2D eigenvalue weighted by atomic mass is 9.86. The first kappa shape index (κ1) is 14.8. The zero-order valence-electron chi connectivity index (χ0n) is 9.46. The van der Waals surface area contributed by atoms with Gasteiger partial charge in [-0.15, -0.1) is 0 Å². The molecule has 0 aromatic heterocycles. The van der Waals surface area contributed by atoms with E-state index in [1.54, 1.807) is 0 Å². The van der Waals surface area contributed by atoms with E-state index in [1.165, 1.54) is 0 Å². The molecule has 0 aliphatic heterocycles. The average Bonchev–Trinajstić information content (AvgIpc) is 2.11. The van der Waals surface area contributed by atoms with Crippen molar-refractivity contribution >= 4 is 0 Å². The molecule has 0 unspecified atom stereocenters. The highest BCUT2D eigenvalue weighted by Crippen LogP contribution is 2.23. The van der Waals surface area contributed by atoms with Crippen LogP contribution < -0.4 is 0 Å². The molecule has 0 spiro atoms. The molecule has 0 bridgehead atoms. The van der Waals surface area contributed by atoms with E-state index in [0.717, 1.165) is 0 Å². The quantitative estimate of drug-likeness (QED) is 0.405. The lowest BCUT2D eigenvalue weighted by Crippen LogP contribution is -2.46. The molecule has 5 N–H and O–H groups in total. The normalized spacial score (nSPS) is 20.8. The van der Waals surface area contributed by atoms with E-state index < -0.39 is 31.0 Å². The van der Waals surface area contributed by atoms with E-state index in [0.29, 0.717) is 6.42 Å². The third-order valence-corrected chi connectivity index (χ3v) is 2.15. The van der Waals surface area contributed by atoms with E-state index in [-0.39, 0.29) is 5.41 Å². The van der Waals surface area contributed by atoms with Gasteiger partial charge in [0.1, 0.15) is 18.3 Å². The van der Waals surface area contributed by atoms with Crippen molar-refractivity contribution in [1.82, 2.24) is 0 Å². The summed E-state index contributed by atoms with van der Waals surface area (Å²) in [6.07, 6.45) is -5.25. The number of aliphatic hydroxyl groups excluding tert-OH is 5. The molecule has 5 nitrogen and oxygen atoms in total. The van der Waals surface area contributed by atoms with Crippen molar-refractivity contribution < 1.29 is 25.5 Å². The summed E-state index contributed by atoms with van der Waals surface area (Å²) >= 11 is 0. The minimum Gasteiger partial charge on any atom is -0.394 e. The molecule has 0 rings (SSSR count). The van der Waals surface area contributed by atoms with E-state index in [2.05, 4.69) is 0 Å². The summed E-state index contributed by atoms with van der Waals surface area (Å²) in [5, 5.41) is 46.0. The Hall–Kier alpha value is -0.200. The minimum atomic E-state index is -1.53. The predicted octanol–water partition coefficient (Wildman–Crippen LogP) is -1.14. The van der Waals surface area contributed by atoms with Gasteiger partial charge < -0.3 is 25.5 Å². The van der Waals surface area contributed by atoms with Crippen LogP contribution in [-0.2, 0) is 0 Å². The van der Waals surface area contributed by atoms with Crippen molar-refractivity contribution in [1.29, 1.82) is 0 Å². The van der Waals surface area contributed by atoms with Crippen LogP contribution >= 0.6 is 0 Å². The van der Waals surface area contributed by atoms with Crippen LogP contribution in [0.1, 0.15) is 27.2 Å². The Balaban J connectivity index is 4.25. The maximum absolute atomic E-state index is 9.57. The molecule has 92 valence electrons. The van der Waals surface area contributed by atoms with Crippen LogP contribution in [0.4, 0.5) is 0 Å². The Morgan fingerprint density at radius 3 is 1.60 bits per heavy atom. The van der Waals surface area contributed by atoms with Gasteiger partial charge in [-0.25, -0.2) is 0 Å². The summed E-state index contributed by atoms with van der Waals surface area (Å²) in [6, 6.07) is 0. The molecule has 0 saturated carbocycles. The number of rotatable bonds is 5. The van der Waals surface area contributed by atoms with Crippen LogP contribution in [0.3, 0.4) is 0 Å². The van der Waals surface area contributed by atoms with Crippen LogP contribution in [0.15, 0.2) is 0 Å². The Morgan fingerprint density at radius 1 is 0.867 bits per heavy atom. The lowest BCUT2D eigenvalue weighted by molar-refractivity contribution is -0.121. The summed E-state index contributed by atoms with van der Waals surface area (Å²) in [4.78, 5) is 0. The van der Waals surface area contributed by atoms with Crippen molar-refractivity contribution in [2.45, 2.75) is 51.6 Å². The molecular weight excluding hydrogens is 200 g/mol. The van der Waals surface area contributed by atoms with Gasteiger partial charge in [-0.2, -0.15) is 0 Å². The van der Waals surface area contributed by atoms with Gasteiger partial charge in [0, 0.05) is 0 Å². The number of hydrogen-bond donors (Lipinski definition) is 5. The van der Waals surface area contributed by atoms with Gasteiger partial charge in [-0.3, -0.25) is 0 Å². The van der Waals surface area contributed by atoms with Crippen LogP contribution in [-0.4, -0.2) is 56.6 Å². The second-order valence-electron chi connectivity index (χ2n) is 5.06. The van der Waals surface area contributed by atoms with Gasteiger partial charge >= 0.3 is 0 Å². The topological polar surface area (TPSA) is 101 Å². The molecule has 0 amide bonds. The van der Waals surface area contributed by atoms with Crippen LogP contribution in [0.25, 0.3) is 0 Å². The maximum atomic E-state index is 9.57. The summed E-state index contributed by atoms with van der Waals surface area (Å²) in [7, 11) is 0. The molecule has 0 aliphatic carbocycles. The SMILES string of the molecule is CC(C)(C)C[C@@H](O)[C@@H](O)[C@H](O)[C@@H](O)CO. The standard InChI is InChI=1S/C10H22O5/c1-10(2,3)4-6(12)8(14)9(15)7(13)5-11/h6-9,11-15H,4-5H2,1-3H3/t6-,7+,8-,9-/m1/s1. The molecule has 4 atom stereocenters. The third-order valence-electron chi connectivity index (χ3n) is 2.15. The highest BCUT2D eigenvalue weighted by Gasteiger charge is 2.32. The van der Waals surface area contributed by atoms with Gasteiger partial charge in [-0.1, -0.05) is 20.8 Å². The first-order valence-electron chi connectivity index (χ1n) is 5.02. The predicted molar refractivity (Wildman–Crippen MR) is 55.2 cm³/mol. The largest absolute Gasteiger partial charge is 0.394 e. The van der Waals surface area contributed by atoms with Crippen LogP contribution in [0.5, 0.6) is 0 Å². The molecule has 0 radical (unpaired) electrons. The monoisotopic (exact) mass is 222 g/mol. The lowest BCUT2D eigenvalue weighted by Gasteiger charge is -2.29. The van der Waals surface area contributed by atoms with Gasteiger partial charge in [0.05, 0.1) is 12.7 Å². The number of hydrogen-bond acceptors (Lipinski definition) is 5. The molecule has 15 heavy (non-hydrogen) atoms. The zero-order chi connectivity index (χ0) is 12.2. The molecule has 0 fully saturated rings. The molecule has 0 aromatic rings. The Kier molecular flexibility index (Phi) is 5.69. The molecule has 0 saturated heterocycles.